The largest absolute Gasteiger partial charge is 0.456 e. The Morgan fingerprint density at radius 3 is 2.59 bits per heavy atom. The Morgan fingerprint density at radius 1 is 1.12 bits per heavy atom. The number of hydrogen-bond acceptors (Lipinski definition) is 2. The van der Waals surface area contributed by atoms with Crippen molar-refractivity contribution >= 4 is 15.9 Å². The number of para-hydroxylation sites is 1. The summed E-state index contributed by atoms with van der Waals surface area (Å²) in [5.74, 6) is 0.670. The number of aliphatic hydroxyl groups excluding tert-OH is 1. The molecule has 0 saturated heterocycles. The number of rotatable bonds is 3. The first-order valence-corrected chi connectivity index (χ1v) is 5.81. The van der Waals surface area contributed by atoms with Gasteiger partial charge in [-0.1, -0.05) is 12.1 Å². The Morgan fingerprint density at radius 2 is 1.88 bits per heavy atom. The lowest BCUT2D eigenvalue weighted by molar-refractivity contribution is 0.275. The van der Waals surface area contributed by atoms with Crippen molar-refractivity contribution < 1.29 is 14.2 Å². The predicted molar refractivity (Wildman–Crippen MR) is 66.5 cm³/mol. The molecule has 0 unspecified atom stereocenters. The average Bonchev–Trinajstić information content (AvgIpc) is 2.34. The maximum Gasteiger partial charge on any atom is 0.141 e. The average molecular weight is 297 g/mol. The molecule has 0 aromatic heterocycles. The highest BCUT2D eigenvalue weighted by Gasteiger charge is 2.07. The fraction of sp³-hybridized carbons (Fsp3) is 0.0769. The van der Waals surface area contributed by atoms with Crippen LogP contribution in [0.5, 0.6) is 11.5 Å². The highest BCUT2D eigenvalue weighted by molar-refractivity contribution is 9.10. The summed E-state index contributed by atoms with van der Waals surface area (Å²) in [6.45, 7) is -0.266. The molecule has 0 radical (unpaired) electrons. The van der Waals surface area contributed by atoms with Crippen LogP contribution in [0, 0.1) is 5.82 Å². The van der Waals surface area contributed by atoms with Gasteiger partial charge in [-0.3, -0.25) is 0 Å². The van der Waals surface area contributed by atoms with Crippen LogP contribution in [-0.4, -0.2) is 5.11 Å². The van der Waals surface area contributed by atoms with Gasteiger partial charge in [0, 0.05) is 5.56 Å². The first-order chi connectivity index (χ1) is 8.20. The highest BCUT2D eigenvalue weighted by atomic mass is 79.9. The summed E-state index contributed by atoms with van der Waals surface area (Å²) in [5, 5.41) is 9.13. The maximum absolute atomic E-state index is 13.0. The van der Waals surface area contributed by atoms with Crippen LogP contribution in [0.1, 0.15) is 5.56 Å². The highest BCUT2D eigenvalue weighted by Crippen LogP contribution is 2.31. The molecule has 0 spiro atoms. The lowest BCUT2D eigenvalue weighted by Gasteiger charge is -2.10. The van der Waals surface area contributed by atoms with Crippen LogP contribution >= 0.6 is 15.9 Å². The minimum Gasteiger partial charge on any atom is -0.456 e. The van der Waals surface area contributed by atoms with Gasteiger partial charge in [-0.15, -0.1) is 0 Å². The molecule has 0 saturated carbocycles. The second kappa shape index (κ2) is 5.29. The molecule has 17 heavy (non-hydrogen) atoms. The zero-order valence-corrected chi connectivity index (χ0v) is 10.4. The van der Waals surface area contributed by atoms with Gasteiger partial charge >= 0.3 is 0 Å². The zero-order valence-electron chi connectivity index (χ0n) is 8.86. The van der Waals surface area contributed by atoms with Crippen molar-refractivity contribution in [1.82, 2.24) is 0 Å². The number of halogens is 2. The van der Waals surface area contributed by atoms with Crippen molar-refractivity contribution in [2.45, 2.75) is 6.61 Å². The number of hydrogen-bond donors (Lipinski definition) is 1. The first-order valence-electron chi connectivity index (χ1n) is 5.02. The Labute approximate surface area is 107 Å². The summed E-state index contributed by atoms with van der Waals surface area (Å²) in [6.07, 6.45) is 0. The van der Waals surface area contributed by atoms with Crippen molar-refractivity contribution in [1.29, 1.82) is 0 Å². The van der Waals surface area contributed by atoms with Crippen LogP contribution in [0.4, 0.5) is 4.39 Å². The van der Waals surface area contributed by atoms with E-state index < -0.39 is 5.82 Å². The zero-order chi connectivity index (χ0) is 12.3. The van der Waals surface area contributed by atoms with Gasteiger partial charge in [0.1, 0.15) is 17.3 Å². The van der Waals surface area contributed by atoms with E-state index in [1.54, 1.807) is 6.07 Å². The Kier molecular flexibility index (Phi) is 3.76. The van der Waals surface area contributed by atoms with Crippen LogP contribution in [0.2, 0.25) is 0 Å². The van der Waals surface area contributed by atoms with Crippen molar-refractivity contribution in [2.24, 2.45) is 0 Å². The van der Waals surface area contributed by atoms with Crippen LogP contribution in [0.3, 0.4) is 0 Å². The lowest BCUT2D eigenvalue weighted by atomic mass is 10.2. The normalized spacial score (nSPS) is 10.3. The summed E-state index contributed by atoms with van der Waals surface area (Å²) in [6, 6.07) is 11.4. The third-order valence-corrected chi connectivity index (χ3v) is 2.90. The molecular formula is C13H10BrFO2. The van der Waals surface area contributed by atoms with E-state index in [9.17, 15) is 4.39 Å². The van der Waals surface area contributed by atoms with Gasteiger partial charge in [-0.2, -0.15) is 0 Å². The minimum absolute atomic E-state index is 0.266. The molecule has 0 atom stereocenters. The summed E-state index contributed by atoms with van der Waals surface area (Å²) in [7, 11) is 0. The summed E-state index contributed by atoms with van der Waals surface area (Å²) in [4.78, 5) is 0. The van der Waals surface area contributed by atoms with Crippen molar-refractivity contribution in [3.8, 4) is 11.5 Å². The van der Waals surface area contributed by atoms with Gasteiger partial charge < -0.3 is 9.84 Å². The third kappa shape index (κ3) is 2.84. The molecule has 0 heterocycles. The standard InChI is InChI=1S/C13H10BrFO2/c14-11-3-1-2-4-13(11)17-12-6-5-10(15)7-9(12)8-16/h1-7,16H,8H2. The monoisotopic (exact) mass is 296 g/mol. The van der Waals surface area contributed by atoms with Gasteiger partial charge in [0.15, 0.2) is 0 Å². The smallest absolute Gasteiger partial charge is 0.141 e. The van der Waals surface area contributed by atoms with E-state index in [4.69, 9.17) is 9.84 Å². The van der Waals surface area contributed by atoms with E-state index in [1.807, 2.05) is 18.2 Å². The van der Waals surface area contributed by atoms with Crippen LogP contribution in [0.15, 0.2) is 46.9 Å². The van der Waals surface area contributed by atoms with E-state index in [-0.39, 0.29) is 6.61 Å². The molecule has 2 rings (SSSR count). The SMILES string of the molecule is OCc1cc(F)ccc1Oc1ccccc1Br. The molecule has 0 bridgehead atoms. The van der Waals surface area contributed by atoms with Crippen molar-refractivity contribution in [3.05, 3.63) is 58.3 Å². The van der Waals surface area contributed by atoms with E-state index in [0.29, 0.717) is 17.1 Å². The van der Waals surface area contributed by atoms with Crippen LogP contribution in [0.25, 0.3) is 0 Å². The topological polar surface area (TPSA) is 29.5 Å². The Balaban J connectivity index is 2.33. The molecule has 4 heteroatoms. The first kappa shape index (κ1) is 12.1. The third-order valence-electron chi connectivity index (χ3n) is 2.25. The molecule has 2 aromatic carbocycles. The fourth-order valence-electron chi connectivity index (χ4n) is 1.42. The van der Waals surface area contributed by atoms with Crippen LogP contribution in [-0.2, 0) is 6.61 Å². The van der Waals surface area contributed by atoms with Gasteiger partial charge in [0.2, 0.25) is 0 Å². The second-order valence-corrected chi connectivity index (χ2v) is 4.30. The molecule has 0 aliphatic heterocycles. The molecule has 0 aliphatic rings. The van der Waals surface area contributed by atoms with E-state index in [0.717, 1.165) is 4.47 Å². The van der Waals surface area contributed by atoms with Gasteiger partial charge in [0.05, 0.1) is 11.1 Å². The molecule has 2 aromatic rings. The van der Waals surface area contributed by atoms with Crippen LogP contribution < -0.4 is 4.74 Å². The Hall–Kier alpha value is -1.39. The molecule has 0 aliphatic carbocycles. The van der Waals surface area contributed by atoms with E-state index >= 15 is 0 Å². The number of benzene rings is 2. The molecule has 2 nitrogen and oxygen atoms in total. The summed E-state index contributed by atoms with van der Waals surface area (Å²) >= 11 is 3.35. The van der Waals surface area contributed by atoms with Gasteiger partial charge in [-0.25, -0.2) is 4.39 Å². The maximum atomic E-state index is 13.0. The molecule has 0 amide bonds. The number of ether oxygens (including phenoxy) is 1. The Bertz CT molecular complexity index is 529. The van der Waals surface area contributed by atoms with E-state index in [2.05, 4.69) is 15.9 Å². The predicted octanol–water partition coefficient (Wildman–Crippen LogP) is 3.87. The molecular weight excluding hydrogens is 287 g/mol. The van der Waals surface area contributed by atoms with Crippen molar-refractivity contribution in [2.75, 3.05) is 0 Å². The molecule has 0 fully saturated rings. The molecule has 1 N–H and O–H groups in total. The lowest BCUT2D eigenvalue weighted by Crippen LogP contribution is -1.93. The van der Waals surface area contributed by atoms with Crippen molar-refractivity contribution in [3.63, 3.8) is 0 Å². The van der Waals surface area contributed by atoms with Gasteiger partial charge in [0.25, 0.3) is 0 Å². The number of aliphatic hydroxyl groups is 1. The molecule has 88 valence electrons. The van der Waals surface area contributed by atoms with E-state index in [1.165, 1.54) is 18.2 Å². The summed E-state index contributed by atoms with van der Waals surface area (Å²) < 4.78 is 19.4. The fourth-order valence-corrected chi connectivity index (χ4v) is 1.78. The summed E-state index contributed by atoms with van der Waals surface area (Å²) in [5.41, 5.74) is 0.417. The quantitative estimate of drug-likeness (QED) is 0.931. The minimum atomic E-state index is -0.395. The second-order valence-electron chi connectivity index (χ2n) is 3.44. The van der Waals surface area contributed by atoms with Gasteiger partial charge in [-0.05, 0) is 46.3 Å².